The molecule has 2 fully saturated rings. The van der Waals surface area contributed by atoms with Gasteiger partial charge in [-0.3, -0.25) is 4.79 Å². The van der Waals surface area contributed by atoms with Crippen molar-refractivity contribution in [1.29, 1.82) is 0 Å². The summed E-state index contributed by atoms with van der Waals surface area (Å²) in [5.74, 6) is 0.834. The highest BCUT2D eigenvalue weighted by Gasteiger charge is 2.40. The van der Waals surface area contributed by atoms with Crippen molar-refractivity contribution in [3.05, 3.63) is 0 Å². The van der Waals surface area contributed by atoms with E-state index in [1.54, 1.807) is 0 Å². The van der Waals surface area contributed by atoms with E-state index in [0.717, 1.165) is 19.4 Å². The number of carbonyl (C=O) groups excluding carboxylic acids is 2. The van der Waals surface area contributed by atoms with Crippen molar-refractivity contribution >= 4 is 11.8 Å². The fourth-order valence-corrected chi connectivity index (χ4v) is 2.95. The van der Waals surface area contributed by atoms with Crippen molar-refractivity contribution in [3.63, 3.8) is 0 Å². The predicted molar refractivity (Wildman–Crippen MR) is 65.8 cm³/mol. The van der Waals surface area contributed by atoms with Crippen LogP contribution in [0.25, 0.3) is 0 Å². The van der Waals surface area contributed by atoms with E-state index < -0.39 is 0 Å². The molecule has 2 amide bonds. The van der Waals surface area contributed by atoms with Gasteiger partial charge in [0.05, 0.1) is 6.04 Å². The van der Waals surface area contributed by atoms with Crippen LogP contribution in [0.4, 0.5) is 4.79 Å². The number of carbonyl (C=O) groups is 2. The minimum absolute atomic E-state index is 0.142. The predicted octanol–water partition coefficient (Wildman–Crippen LogP) is 1.89. The first-order valence-corrected chi connectivity index (χ1v) is 6.56. The summed E-state index contributed by atoms with van der Waals surface area (Å²) in [5.41, 5.74) is 0. The van der Waals surface area contributed by atoms with Crippen molar-refractivity contribution < 1.29 is 9.59 Å². The summed E-state index contributed by atoms with van der Waals surface area (Å²) in [6.07, 6.45) is 2.99. The molecule has 2 rings (SSSR count). The molecule has 0 bridgehead atoms. The number of hydrogen-bond donors (Lipinski definition) is 0. The Morgan fingerprint density at radius 3 is 2.24 bits per heavy atom. The second kappa shape index (κ2) is 4.67. The SMILES string of the molecule is CC(C)C1CN(C2CCC(=O)CC2)C(=O)N1C. The monoisotopic (exact) mass is 238 g/mol. The third kappa shape index (κ3) is 2.31. The van der Waals surface area contributed by atoms with E-state index in [-0.39, 0.29) is 12.1 Å². The van der Waals surface area contributed by atoms with Gasteiger partial charge in [0.15, 0.2) is 0 Å². The van der Waals surface area contributed by atoms with Gasteiger partial charge in [-0.1, -0.05) is 13.8 Å². The first-order valence-electron chi connectivity index (χ1n) is 6.56. The van der Waals surface area contributed by atoms with Crippen LogP contribution in [0.5, 0.6) is 0 Å². The first-order chi connectivity index (χ1) is 8.00. The van der Waals surface area contributed by atoms with Crippen LogP contribution in [0.2, 0.25) is 0 Å². The van der Waals surface area contributed by atoms with Crippen LogP contribution >= 0.6 is 0 Å². The molecule has 2 aliphatic rings. The molecular formula is C13H22N2O2. The molecule has 1 atom stereocenters. The van der Waals surface area contributed by atoms with Crippen LogP contribution in [0, 0.1) is 5.92 Å². The summed E-state index contributed by atoms with van der Waals surface area (Å²) < 4.78 is 0. The van der Waals surface area contributed by atoms with Gasteiger partial charge in [-0.15, -0.1) is 0 Å². The Morgan fingerprint density at radius 1 is 1.18 bits per heavy atom. The zero-order chi connectivity index (χ0) is 12.6. The van der Waals surface area contributed by atoms with E-state index in [1.165, 1.54) is 0 Å². The molecule has 1 aliphatic carbocycles. The Bertz CT molecular complexity index is 317. The summed E-state index contributed by atoms with van der Waals surface area (Å²) in [6, 6.07) is 0.745. The second-order valence-electron chi connectivity index (χ2n) is 5.63. The minimum Gasteiger partial charge on any atom is -0.323 e. The van der Waals surface area contributed by atoms with Crippen LogP contribution in [0.15, 0.2) is 0 Å². The molecule has 0 aromatic rings. The van der Waals surface area contributed by atoms with Crippen LogP contribution < -0.4 is 0 Å². The van der Waals surface area contributed by atoms with Crippen molar-refractivity contribution in [1.82, 2.24) is 9.80 Å². The summed E-state index contributed by atoms with van der Waals surface area (Å²) in [4.78, 5) is 27.2. The Balaban J connectivity index is 2.03. The van der Waals surface area contributed by atoms with Gasteiger partial charge in [0.1, 0.15) is 5.78 Å². The highest BCUT2D eigenvalue weighted by molar-refractivity contribution is 5.80. The average molecular weight is 238 g/mol. The van der Waals surface area contributed by atoms with E-state index in [9.17, 15) is 9.59 Å². The lowest BCUT2D eigenvalue weighted by Crippen LogP contribution is -2.40. The normalized spacial score (nSPS) is 27.4. The smallest absolute Gasteiger partial charge is 0.320 e. The van der Waals surface area contributed by atoms with Gasteiger partial charge in [0.2, 0.25) is 0 Å². The minimum atomic E-state index is 0.142. The van der Waals surface area contributed by atoms with Crippen LogP contribution in [0.3, 0.4) is 0 Å². The van der Waals surface area contributed by atoms with Crippen LogP contribution in [0.1, 0.15) is 39.5 Å². The molecular weight excluding hydrogens is 216 g/mol. The van der Waals surface area contributed by atoms with Gasteiger partial charge in [-0.05, 0) is 18.8 Å². The number of Topliss-reactive ketones (excluding diaryl/α,β-unsaturated/α-hetero) is 1. The molecule has 0 aromatic heterocycles. The third-order valence-electron chi connectivity index (χ3n) is 4.15. The van der Waals surface area contributed by atoms with Crippen molar-refractivity contribution in [3.8, 4) is 0 Å². The van der Waals surface area contributed by atoms with Gasteiger partial charge >= 0.3 is 6.03 Å². The molecule has 17 heavy (non-hydrogen) atoms. The second-order valence-corrected chi connectivity index (χ2v) is 5.63. The topological polar surface area (TPSA) is 40.6 Å². The number of nitrogens with zero attached hydrogens (tertiary/aromatic N) is 2. The number of hydrogen-bond acceptors (Lipinski definition) is 2. The van der Waals surface area contributed by atoms with Gasteiger partial charge in [-0.2, -0.15) is 0 Å². The molecule has 0 spiro atoms. The summed E-state index contributed by atoms with van der Waals surface area (Å²) in [7, 11) is 1.89. The molecule has 1 aliphatic heterocycles. The van der Waals surface area contributed by atoms with E-state index in [1.807, 2.05) is 16.8 Å². The molecule has 96 valence electrons. The highest BCUT2D eigenvalue weighted by atomic mass is 16.2. The molecule has 1 unspecified atom stereocenters. The lowest BCUT2D eigenvalue weighted by Gasteiger charge is -2.30. The number of urea groups is 1. The zero-order valence-corrected chi connectivity index (χ0v) is 11.0. The van der Waals surface area contributed by atoms with Gasteiger partial charge in [-0.25, -0.2) is 4.79 Å². The number of likely N-dealkylation sites (N-methyl/N-ethyl adjacent to an activating group) is 1. The van der Waals surface area contributed by atoms with E-state index in [2.05, 4.69) is 13.8 Å². The Kier molecular flexibility index (Phi) is 3.40. The highest BCUT2D eigenvalue weighted by Crippen LogP contribution is 2.28. The first kappa shape index (κ1) is 12.4. The lowest BCUT2D eigenvalue weighted by molar-refractivity contribution is -0.121. The lowest BCUT2D eigenvalue weighted by atomic mass is 9.93. The molecule has 1 heterocycles. The Hall–Kier alpha value is -1.06. The molecule has 4 nitrogen and oxygen atoms in total. The fraction of sp³-hybridized carbons (Fsp3) is 0.846. The molecule has 0 aromatic carbocycles. The number of amides is 2. The van der Waals surface area contributed by atoms with Gasteiger partial charge in [0.25, 0.3) is 0 Å². The third-order valence-corrected chi connectivity index (χ3v) is 4.15. The van der Waals surface area contributed by atoms with E-state index in [4.69, 9.17) is 0 Å². The quantitative estimate of drug-likeness (QED) is 0.737. The maximum absolute atomic E-state index is 12.2. The van der Waals surface area contributed by atoms with Crippen molar-refractivity contribution in [2.24, 2.45) is 5.92 Å². The Labute approximate surface area is 103 Å². The largest absolute Gasteiger partial charge is 0.323 e. The van der Waals surface area contributed by atoms with Gasteiger partial charge in [0, 0.05) is 32.5 Å². The van der Waals surface area contributed by atoms with E-state index >= 15 is 0 Å². The maximum atomic E-state index is 12.2. The number of ketones is 1. The molecule has 0 radical (unpaired) electrons. The number of rotatable bonds is 2. The standard InChI is InChI=1S/C13H22N2O2/c1-9(2)12-8-15(13(17)14(12)3)10-4-6-11(16)7-5-10/h9-10,12H,4-8H2,1-3H3. The fourth-order valence-electron chi connectivity index (χ4n) is 2.95. The molecule has 4 heteroatoms. The molecule has 0 N–H and O–H groups in total. The van der Waals surface area contributed by atoms with Crippen LogP contribution in [-0.4, -0.2) is 47.3 Å². The zero-order valence-electron chi connectivity index (χ0n) is 11.0. The summed E-state index contributed by atoms with van der Waals surface area (Å²) in [5, 5.41) is 0. The van der Waals surface area contributed by atoms with Crippen LogP contribution in [-0.2, 0) is 4.79 Å². The van der Waals surface area contributed by atoms with Crippen molar-refractivity contribution in [2.75, 3.05) is 13.6 Å². The molecule has 1 saturated carbocycles. The maximum Gasteiger partial charge on any atom is 0.320 e. The Morgan fingerprint density at radius 2 is 1.76 bits per heavy atom. The summed E-state index contributed by atoms with van der Waals surface area (Å²) in [6.45, 7) is 5.14. The van der Waals surface area contributed by atoms with Gasteiger partial charge < -0.3 is 9.80 Å². The van der Waals surface area contributed by atoms with E-state index in [0.29, 0.717) is 30.6 Å². The average Bonchev–Trinajstić information content (AvgIpc) is 2.58. The van der Waals surface area contributed by atoms with Crippen molar-refractivity contribution in [2.45, 2.75) is 51.6 Å². The molecule has 1 saturated heterocycles. The summed E-state index contributed by atoms with van der Waals surface area (Å²) >= 11 is 0.